The summed E-state index contributed by atoms with van der Waals surface area (Å²) in [6.07, 6.45) is 23.7. The van der Waals surface area contributed by atoms with E-state index < -0.39 is 43.7 Å². The molecule has 2 N–H and O–H groups in total. The Balaban J connectivity index is -0.000000328. The van der Waals surface area contributed by atoms with Gasteiger partial charge in [0.15, 0.2) is 11.5 Å². The molecule has 0 radical (unpaired) electrons. The molecule has 0 aliphatic rings. The van der Waals surface area contributed by atoms with E-state index in [1.54, 1.807) is 0 Å². The normalized spacial score (nSPS) is 11.0. The second kappa shape index (κ2) is 34.6. The third kappa shape index (κ3) is 47.7. The van der Waals surface area contributed by atoms with Gasteiger partial charge >= 0.3 is 71.1 Å². The molecule has 0 aromatic heterocycles. The van der Waals surface area contributed by atoms with Crippen LogP contribution in [-0.2, 0) is 39.3 Å². The summed E-state index contributed by atoms with van der Waals surface area (Å²) in [6.45, 7) is 4.88. The molecule has 0 aliphatic heterocycles. The number of unbranched alkanes of at least 4 members (excludes halogenated alkanes) is 18. The van der Waals surface area contributed by atoms with E-state index in [0.29, 0.717) is 0 Å². The van der Waals surface area contributed by atoms with Gasteiger partial charge in [-0.3, -0.25) is 18.7 Å². The first-order valence-electron chi connectivity index (χ1n) is 15.1. The molecule has 0 saturated carbocycles. The van der Waals surface area contributed by atoms with Crippen molar-refractivity contribution in [3.63, 3.8) is 0 Å². The van der Waals surface area contributed by atoms with Gasteiger partial charge in [-0.15, -0.1) is 0 Å². The van der Waals surface area contributed by atoms with Gasteiger partial charge in [0.1, 0.15) is 0 Å². The van der Waals surface area contributed by atoms with Crippen LogP contribution < -0.4 is 0 Å². The fourth-order valence-corrected chi connectivity index (χ4v) is 4.69. The molecule has 0 aromatic carbocycles. The van der Waals surface area contributed by atoms with Gasteiger partial charge in [0, 0.05) is 0 Å². The molecule has 0 heterocycles. The number of carbonyl (C=O) groups is 2. The molecule has 0 bridgehead atoms. The van der Waals surface area contributed by atoms with Crippen LogP contribution >= 0.6 is 0 Å². The van der Waals surface area contributed by atoms with Gasteiger partial charge in [-0.1, -0.05) is 129 Å². The number of hydrogen-bond donors (Lipinski definition) is 2. The van der Waals surface area contributed by atoms with Crippen LogP contribution in [0.5, 0.6) is 0 Å². The molecule has 0 unspecified atom stereocenters. The maximum absolute atomic E-state index is 11.0. The first-order chi connectivity index (χ1) is 18.9. The Morgan fingerprint density at radius 1 is 0.452 bits per heavy atom. The van der Waals surface area contributed by atoms with Crippen LogP contribution in [0.15, 0.2) is 0 Å². The van der Waals surface area contributed by atoms with Crippen molar-refractivity contribution in [2.45, 2.75) is 142 Å². The van der Waals surface area contributed by atoms with Gasteiger partial charge in [0.25, 0.3) is 20.2 Å². The van der Waals surface area contributed by atoms with Crippen LogP contribution in [0.2, 0.25) is 0 Å². The molecule has 0 saturated heterocycles. The Kier molecular flexibility index (Phi) is 40.9. The second-order valence-corrected chi connectivity index (χ2v) is 13.2. The molecule has 0 aromatic rings. The summed E-state index contributed by atoms with van der Waals surface area (Å²) in [5, 5.41) is 0. The van der Waals surface area contributed by atoms with E-state index in [9.17, 15) is 26.4 Å². The third-order valence-electron chi connectivity index (χ3n) is 6.12. The van der Waals surface area contributed by atoms with Crippen molar-refractivity contribution in [2.75, 3.05) is 24.7 Å². The molecule has 0 rings (SSSR count). The summed E-state index contributed by atoms with van der Waals surface area (Å²) in [5.74, 6) is -3.68. The molecule has 0 aliphatic carbocycles. The van der Waals surface area contributed by atoms with Crippen LogP contribution in [0.3, 0.4) is 0 Å². The van der Waals surface area contributed by atoms with Gasteiger partial charge in [-0.25, -0.2) is 0 Å². The van der Waals surface area contributed by atoms with Crippen LogP contribution in [0.1, 0.15) is 142 Å². The molecular weight excluding hydrogens is 606 g/mol. The number of esters is 2. The Labute approximate surface area is 300 Å². The standard InChI is InChI=1S/2C14H28O5S.2Na.2H/c2*1-2-3-4-5-6-7-8-9-10-11-12-19-14(15)13-20(16,17)18;;;;/h2*2-13H2,1H3,(H,16,17,18);;;;. The van der Waals surface area contributed by atoms with Crippen molar-refractivity contribution >= 4 is 91.3 Å². The zero-order chi connectivity index (χ0) is 30.5. The van der Waals surface area contributed by atoms with E-state index in [2.05, 4.69) is 13.8 Å². The van der Waals surface area contributed by atoms with Crippen LogP contribution in [0.4, 0.5) is 0 Å². The van der Waals surface area contributed by atoms with Crippen molar-refractivity contribution in [1.29, 1.82) is 0 Å². The summed E-state index contributed by atoms with van der Waals surface area (Å²) in [5.41, 5.74) is 0. The quantitative estimate of drug-likeness (QED) is 0.0532. The molecule has 14 heteroatoms. The molecule has 0 amide bonds. The Morgan fingerprint density at radius 2 is 0.667 bits per heavy atom. The third-order valence-corrected chi connectivity index (χ3v) is 7.32. The summed E-state index contributed by atoms with van der Waals surface area (Å²) >= 11 is 0. The van der Waals surface area contributed by atoms with Crippen LogP contribution in [0.25, 0.3) is 0 Å². The molecule has 0 atom stereocenters. The van der Waals surface area contributed by atoms with Gasteiger partial charge in [0.05, 0.1) is 13.2 Å². The van der Waals surface area contributed by atoms with Crippen molar-refractivity contribution in [3.8, 4) is 0 Å². The van der Waals surface area contributed by atoms with E-state index in [0.717, 1.165) is 38.5 Å². The van der Waals surface area contributed by atoms with Crippen molar-refractivity contribution < 1.29 is 45.0 Å². The van der Waals surface area contributed by atoms with Gasteiger partial charge in [-0.2, -0.15) is 16.8 Å². The average molecular weight is 665 g/mol. The number of hydrogen-bond acceptors (Lipinski definition) is 8. The minimum absolute atomic E-state index is 0. The van der Waals surface area contributed by atoms with Crippen molar-refractivity contribution in [2.24, 2.45) is 0 Å². The van der Waals surface area contributed by atoms with E-state index >= 15 is 0 Å². The van der Waals surface area contributed by atoms with Crippen LogP contribution in [-0.4, -0.2) is 122 Å². The molecule has 10 nitrogen and oxygen atoms in total. The monoisotopic (exact) mass is 664 g/mol. The van der Waals surface area contributed by atoms with Crippen molar-refractivity contribution in [3.05, 3.63) is 0 Å². The van der Waals surface area contributed by atoms with Gasteiger partial charge < -0.3 is 9.47 Å². The number of rotatable bonds is 26. The van der Waals surface area contributed by atoms with E-state index in [1.807, 2.05) is 0 Å². The Hall–Kier alpha value is 0.760. The molecular formula is C28H58Na2O10S2. The summed E-state index contributed by atoms with van der Waals surface area (Å²) in [4.78, 5) is 21.9. The second-order valence-electron chi connectivity index (χ2n) is 10.3. The van der Waals surface area contributed by atoms with E-state index in [-0.39, 0.29) is 72.3 Å². The van der Waals surface area contributed by atoms with Crippen LogP contribution in [0, 0.1) is 0 Å². The minimum atomic E-state index is -4.26. The van der Waals surface area contributed by atoms with E-state index in [1.165, 1.54) is 89.9 Å². The molecule has 42 heavy (non-hydrogen) atoms. The predicted octanol–water partition coefficient (Wildman–Crippen LogP) is 5.38. The maximum atomic E-state index is 11.0. The zero-order valence-corrected chi connectivity index (χ0v) is 26.6. The first kappa shape index (κ1) is 49.6. The average Bonchev–Trinajstić information content (AvgIpc) is 2.84. The predicted molar refractivity (Wildman–Crippen MR) is 173 cm³/mol. The zero-order valence-electron chi connectivity index (χ0n) is 24.9. The molecule has 244 valence electrons. The van der Waals surface area contributed by atoms with E-state index in [4.69, 9.17) is 18.6 Å². The Bertz CT molecular complexity index is 755. The van der Waals surface area contributed by atoms with Gasteiger partial charge in [0.2, 0.25) is 0 Å². The summed E-state index contributed by atoms with van der Waals surface area (Å²) < 4.78 is 67.9. The van der Waals surface area contributed by atoms with Crippen molar-refractivity contribution in [1.82, 2.24) is 0 Å². The Morgan fingerprint density at radius 3 is 0.881 bits per heavy atom. The molecule has 0 spiro atoms. The first-order valence-corrected chi connectivity index (χ1v) is 18.3. The fraction of sp³-hybridized carbons (Fsp3) is 0.929. The molecule has 0 fully saturated rings. The topological polar surface area (TPSA) is 161 Å². The summed E-state index contributed by atoms with van der Waals surface area (Å²) in [6, 6.07) is 0. The fourth-order valence-electron chi connectivity index (χ4n) is 3.93. The summed E-state index contributed by atoms with van der Waals surface area (Å²) in [7, 11) is -8.52. The van der Waals surface area contributed by atoms with Gasteiger partial charge in [-0.05, 0) is 12.8 Å². The number of carbonyl (C=O) groups excluding carboxylic acids is 2. The number of ether oxygens (including phenoxy) is 2. The SMILES string of the molecule is CCCCCCCCCCCCOC(=O)CS(=O)(=O)O.CCCCCCCCCCCCOC(=O)CS(=O)(=O)O.[NaH].[NaH].